The summed E-state index contributed by atoms with van der Waals surface area (Å²) in [6, 6.07) is 32.6. The largest absolute Gasteiger partial charge is 0.352 e. The Morgan fingerprint density at radius 1 is 0.656 bits per heavy atom. The number of hydrogen-bond acceptors (Lipinski definition) is 1. The van der Waals surface area contributed by atoms with Gasteiger partial charge in [-0.15, -0.1) is 0 Å². The molecule has 0 aliphatic carbocycles. The van der Waals surface area contributed by atoms with E-state index >= 15 is 0 Å². The van der Waals surface area contributed by atoms with Crippen LogP contribution in [0.4, 0.5) is 0 Å². The van der Waals surface area contributed by atoms with E-state index in [0.29, 0.717) is 0 Å². The maximum absolute atomic E-state index is 4.28. The highest BCUT2D eigenvalue weighted by Gasteiger charge is 2.12. The summed E-state index contributed by atoms with van der Waals surface area (Å²) in [4.78, 5) is 7.87. The van der Waals surface area contributed by atoms with E-state index < -0.39 is 0 Å². The first-order chi connectivity index (χ1) is 15.9. The summed E-state index contributed by atoms with van der Waals surface area (Å²) in [5, 5.41) is 6.19. The van der Waals surface area contributed by atoms with Gasteiger partial charge in [-0.05, 0) is 46.2 Å². The first-order valence-corrected chi connectivity index (χ1v) is 10.8. The number of benzene rings is 4. The second-order valence-corrected chi connectivity index (χ2v) is 8.23. The Labute approximate surface area is 184 Å². The molecule has 3 aromatic heterocycles. The normalized spacial score (nSPS) is 11.8. The van der Waals surface area contributed by atoms with Gasteiger partial charge in [0, 0.05) is 34.2 Å². The van der Waals surface area contributed by atoms with Gasteiger partial charge in [0.2, 0.25) is 0 Å². The zero-order valence-electron chi connectivity index (χ0n) is 17.3. The number of hydrogen-bond donors (Lipinski definition) is 1. The quantitative estimate of drug-likeness (QED) is 0.315. The summed E-state index contributed by atoms with van der Waals surface area (Å²) >= 11 is 0. The summed E-state index contributed by atoms with van der Waals surface area (Å²) in [5.74, 6) is 0. The molecule has 0 saturated heterocycles. The minimum atomic E-state index is 1.06. The molecule has 1 N–H and O–H groups in total. The Kier molecular flexibility index (Phi) is 3.55. The number of pyridine rings is 1. The molecule has 7 aromatic rings. The third kappa shape index (κ3) is 2.45. The average Bonchev–Trinajstić information content (AvgIpc) is 3.45. The Morgan fingerprint density at radius 2 is 1.53 bits per heavy atom. The van der Waals surface area contributed by atoms with Crippen molar-refractivity contribution in [1.82, 2.24) is 14.5 Å². The number of nitrogens with zero attached hydrogens (tertiary/aromatic N) is 2. The number of H-pyrrole nitrogens is 1. The molecule has 0 fully saturated rings. The summed E-state index contributed by atoms with van der Waals surface area (Å²) in [7, 11) is 0. The zero-order chi connectivity index (χ0) is 21.1. The van der Waals surface area contributed by atoms with E-state index in [2.05, 4.69) is 112 Å². The van der Waals surface area contributed by atoms with Crippen molar-refractivity contribution in [2.75, 3.05) is 0 Å². The van der Waals surface area contributed by atoms with Crippen LogP contribution in [0.25, 0.3) is 60.3 Å². The molecule has 0 spiro atoms. The van der Waals surface area contributed by atoms with Crippen LogP contribution >= 0.6 is 0 Å². The van der Waals surface area contributed by atoms with Crippen LogP contribution < -0.4 is 0 Å². The molecule has 0 atom stereocenters. The first kappa shape index (κ1) is 17.3. The number of fused-ring (bicyclic) bond motifs is 6. The first-order valence-electron chi connectivity index (χ1n) is 10.8. The van der Waals surface area contributed by atoms with Gasteiger partial charge in [0.1, 0.15) is 0 Å². The van der Waals surface area contributed by atoms with E-state index in [-0.39, 0.29) is 0 Å². The Morgan fingerprint density at radius 3 is 2.47 bits per heavy atom. The highest BCUT2D eigenvalue weighted by molar-refractivity contribution is 6.16. The number of aromatic amines is 1. The van der Waals surface area contributed by atoms with E-state index in [4.69, 9.17) is 0 Å². The van der Waals surface area contributed by atoms with Crippen molar-refractivity contribution in [2.45, 2.75) is 0 Å². The molecule has 3 heteroatoms. The van der Waals surface area contributed by atoms with Gasteiger partial charge >= 0.3 is 0 Å². The van der Waals surface area contributed by atoms with Crippen LogP contribution in [0.5, 0.6) is 0 Å². The van der Waals surface area contributed by atoms with Crippen molar-refractivity contribution in [3.63, 3.8) is 0 Å². The van der Waals surface area contributed by atoms with Crippen LogP contribution in [0.3, 0.4) is 0 Å². The molecule has 3 heterocycles. The van der Waals surface area contributed by atoms with Gasteiger partial charge in [0.25, 0.3) is 0 Å². The molecule has 0 saturated carbocycles. The van der Waals surface area contributed by atoms with Gasteiger partial charge in [0.15, 0.2) is 0 Å². The topological polar surface area (TPSA) is 33.6 Å². The number of aromatic nitrogens is 3. The van der Waals surface area contributed by atoms with Crippen LogP contribution in [0, 0.1) is 0 Å². The van der Waals surface area contributed by atoms with Gasteiger partial charge in [0.05, 0.1) is 22.7 Å². The Bertz CT molecular complexity index is 1760. The van der Waals surface area contributed by atoms with Crippen LogP contribution in [-0.2, 0) is 0 Å². The van der Waals surface area contributed by atoms with Crippen molar-refractivity contribution >= 4 is 43.5 Å². The molecule has 4 aromatic carbocycles. The average molecular weight is 409 g/mol. The highest BCUT2D eigenvalue weighted by Crippen LogP contribution is 2.34. The lowest BCUT2D eigenvalue weighted by molar-refractivity contribution is 1.13. The molecular formula is C29H19N3. The van der Waals surface area contributed by atoms with E-state index in [0.717, 1.165) is 16.7 Å². The second-order valence-electron chi connectivity index (χ2n) is 8.23. The van der Waals surface area contributed by atoms with Gasteiger partial charge in [-0.3, -0.25) is 4.98 Å². The summed E-state index contributed by atoms with van der Waals surface area (Å²) in [6.45, 7) is 0. The number of rotatable bonds is 2. The van der Waals surface area contributed by atoms with Crippen LogP contribution in [-0.4, -0.2) is 14.5 Å². The summed E-state index contributed by atoms with van der Waals surface area (Å²) < 4.78 is 2.27. The van der Waals surface area contributed by atoms with Crippen LogP contribution in [0.15, 0.2) is 110 Å². The fourth-order valence-electron chi connectivity index (χ4n) is 4.94. The van der Waals surface area contributed by atoms with Gasteiger partial charge in [-0.1, -0.05) is 66.7 Å². The zero-order valence-corrected chi connectivity index (χ0v) is 17.3. The van der Waals surface area contributed by atoms with Gasteiger partial charge < -0.3 is 9.55 Å². The Balaban J connectivity index is 1.41. The molecular weight excluding hydrogens is 390 g/mol. The summed E-state index contributed by atoms with van der Waals surface area (Å²) in [6.07, 6.45) is 5.90. The monoisotopic (exact) mass is 409 g/mol. The molecule has 0 bridgehead atoms. The van der Waals surface area contributed by atoms with Crippen molar-refractivity contribution in [2.24, 2.45) is 0 Å². The number of nitrogens with one attached hydrogen (secondary N) is 1. The van der Waals surface area contributed by atoms with E-state index in [9.17, 15) is 0 Å². The predicted molar refractivity (Wildman–Crippen MR) is 133 cm³/mol. The molecule has 0 amide bonds. The second kappa shape index (κ2) is 6.56. The van der Waals surface area contributed by atoms with Crippen molar-refractivity contribution in [3.05, 3.63) is 110 Å². The Hall–Kier alpha value is -4.37. The van der Waals surface area contributed by atoms with Crippen LogP contribution in [0.1, 0.15) is 0 Å². The molecule has 0 aliphatic heterocycles. The lowest BCUT2D eigenvalue weighted by Crippen LogP contribution is -1.92. The molecule has 32 heavy (non-hydrogen) atoms. The molecule has 7 rings (SSSR count). The van der Waals surface area contributed by atoms with Gasteiger partial charge in [-0.2, -0.15) is 0 Å². The SMILES string of the molecule is c1ccc2c(-c3ccc(-n4ccc5ccc6c7ccncc7[nH]c6c54)cc3)cccc2c1. The molecule has 0 radical (unpaired) electrons. The lowest BCUT2D eigenvalue weighted by Gasteiger charge is -2.10. The fourth-order valence-corrected chi connectivity index (χ4v) is 4.94. The smallest absolute Gasteiger partial charge is 0.0771 e. The molecule has 150 valence electrons. The third-order valence-corrected chi connectivity index (χ3v) is 6.47. The predicted octanol–water partition coefficient (Wildman–Crippen LogP) is 7.48. The van der Waals surface area contributed by atoms with E-state index in [1.165, 1.54) is 43.6 Å². The molecule has 3 nitrogen and oxygen atoms in total. The fraction of sp³-hybridized carbons (Fsp3) is 0. The molecule has 0 aliphatic rings. The van der Waals surface area contributed by atoms with Crippen molar-refractivity contribution in [3.8, 4) is 16.8 Å². The molecule has 0 unspecified atom stereocenters. The lowest BCUT2D eigenvalue weighted by atomic mass is 9.98. The minimum Gasteiger partial charge on any atom is -0.352 e. The van der Waals surface area contributed by atoms with E-state index in [1.807, 2.05) is 12.4 Å². The minimum absolute atomic E-state index is 1.06. The van der Waals surface area contributed by atoms with Crippen LogP contribution in [0.2, 0.25) is 0 Å². The van der Waals surface area contributed by atoms with E-state index in [1.54, 1.807) is 0 Å². The van der Waals surface area contributed by atoms with Gasteiger partial charge in [-0.25, -0.2) is 0 Å². The van der Waals surface area contributed by atoms with Crippen molar-refractivity contribution in [1.29, 1.82) is 0 Å². The maximum Gasteiger partial charge on any atom is 0.0771 e. The summed E-state index contributed by atoms with van der Waals surface area (Å²) in [5.41, 5.74) is 7.04. The van der Waals surface area contributed by atoms with Crippen molar-refractivity contribution < 1.29 is 0 Å². The highest BCUT2D eigenvalue weighted by atomic mass is 15.0. The standard InChI is InChI=1S/C29H19N3/c1-2-6-23-19(4-1)5-3-7-24(23)20-8-11-22(12-9-20)32-17-15-21-10-13-26-25-14-16-30-18-27(25)31-28(26)29(21)32/h1-18,31H. The third-order valence-electron chi connectivity index (χ3n) is 6.47. The maximum atomic E-state index is 4.28.